The Hall–Kier alpha value is -1.56. The van der Waals surface area contributed by atoms with E-state index in [1.165, 1.54) is 60.8 Å². The van der Waals surface area contributed by atoms with Crippen molar-refractivity contribution in [3.63, 3.8) is 0 Å². The van der Waals surface area contributed by atoms with Crippen molar-refractivity contribution in [3.8, 4) is 0 Å². The molecule has 2 aliphatic carbocycles. The van der Waals surface area contributed by atoms with Crippen molar-refractivity contribution in [2.24, 2.45) is 35.5 Å². The molecule has 0 N–H and O–H groups in total. The highest BCUT2D eigenvalue weighted by molar-refractivity contribution is 5.37. The van der Waals surface area contributed by atoms with Gasteiger partial charge in [-0.05, 0) is 105 Å². The summed E-state index contributed by atoms with van der Waals surface area (Å²) in [4.78, 5) is 0. The third-order valence-electron chi connectivity index (χ3n) is 7.93. The van der Waals surface area contributed by atoms with E-state index in [0.717, 1.165) is 18.8 Å². The number of allylic oxidation sites excluding steroid dienone is 8. The van der Waals surface area contributed by atoms with E-state index < -0.39 is 0 Å². The quantitative estimate of drug-likeness (QED) is 0.282. The lowest BCUT2D eigenvalue weighted by molar-refractivity contribution is 0.380. The smallest absolute Gasteiger partial charge is 0.0122 e. The minimum absolute atomic E-state index is 0.572. The molecule has 2 aliphatic rings. The van der Waals surface area contributed by atoms with E-state index in [-0.39, 0.29) is 0 Å². The van der Waals surface area contributed by atoms with Gasteiger partial charge in [-0.1, -0.05) is 89.8 Å². The maximum atomic E-state index is 4.69. The normalized spacial score (nSPS) is 26.6. The monoisotopic (exact) mass is 436 g/mol. The van der Waals surface area contributed by atoms with Gasteiger partial charge in [-0.25, -0.2) is 0 Å². The molecule has 180 valence electrons. The molecule has 0 heterocycles. The van der Waals surface area contributed by atoms with Gasteiger partial charge >= 0.3 is 0 Å². The third kappa shape index (κ3) is 7.50. The van der Waals surface area contributed by atoms with Crippen LogP contribution in [-0.2, 0) is 0 Å². The van der Waals surface area contributed by atoms with Gasteiger partial charge in [-0.3, -0.25) is 0 Å². The van der Waals surface area contributed by atoms with Gasteiger partial charge in [-0.15, -0.1) is 6.58 Å². The fraction of sp³-hybridized carbons (Fsp3) is 0.625. The molecule has 1 saturated carbocycles. The second-order valence-electron chi connectivity index (χ2n) is 10.2. The van der Waals surface area contributed by atoms with Gasteiger partial charge in [0.05, 0.1) is 0 Å². The van der Waals surface area contributed by atoms with Crippen LogP contribution in [0.3, 0.4) is 0 Å². The third-order valence-corrected chi connectivity index (χ3v) is 7.93. The standard InChI is InChI=1S/C30H46.C2H6/c1-9-12-15-25-19-29(30(20-25)24(8)23(7)21(4)5)22(6)18-27-17-13-16-26(14-10-2)28(27)11-3;1-2/h9-11,14,21,23,25,27,29-30H,1,3,6,8,12-13,15-20H2,2,4-5,7H3;1-2H3/b14-10-;/t23-,25-,27-,29-,30?;/m0./s1. The van der Waals surface area contributed by atoms with Gasteiger partial charge in [0.25, 0.3) is 0 Å². The first-order valence-corrected chi connectivity index (χ1v) is 13.3. The molecule has 5 atom stereocenters. The van der Waals surface area contributed by atoms with Gasteiger partial charge in [0.15, 0.2) is 0 Å². The molecule has 1 fully saturated rings. The first-order chi connectivity index (χ1) is 15.3. The molecule has 0 bridgehead atoms. The van der Waals surface area contributed by atoms with Crippen molar-refractivity contribution < 1.29 is 0 Å². The minimum Gasteiger partial charge on any atom is -0.103 e. The largest absolute Gasteiger partial charge is 0.103 e. The lowest BCUT2D eigenvalue weighted by Crippen LogP contribution is -2.21. The number of hydrogen-bond acceptors (Lipinski definition) is 0. The lowest BCUT2D eigenvalue weighted by atomic mass is 9.73. The zero-order valence-electron chi connectivity index (χ0n) is 22.3. The van der Waals surface area contributed by atoms with Crippen LogP contribution in [0, 0.1) is 35.5 Å². The van der Waals surface area contributed by atoms with Crippen molar-refractivity contribution in [2.45, 2.75) is 92.9 Å². The summed E-state index contributed by atoms with van der Waals surface area (Å²) in [7, 11) is 0. The number of rotatable bonds is 11. The summed E-state index contributed by atoms with van der Waals surface area (Å²) < 4.78 is 0. The van der Waals surface area contributed by atoms with Crippen LogP contribution in [0.4, 0.5) is 0 Å². The molecule has 0 aliphatic heterocycles. The molecule has 0 radical (unpaired) electrons. The zero-order valence-corrected chi connectivity index (χ0v) is 22.3. The Kier molecular flexibility index (Phi) is 13.0. The van der Waals surface area contributed by atoms with Crippen molar-refractivity contribution in [1.82, 2.24) is 0 Å². The first-order valence-electron chi connectivity index (χ1n) is 13.3. The molecular weight excluding hydrogens is 384 g/mol. The van der Waals surface area contributed by atoms with Crippen molar-refractivity contribution in [3.05, 3.63) is 72.9 Å². The minimum atomic E-state index is 0.572. The van der Waals surface area contributed by atoms with Gasteiger partial charge in [-0.2, -0.15) is 0 Å². The Morgan fingerprint density at radius 1 is 1.06 bits per heavy atom. The van der Waals surface area contributed by atoms with E-state index in [4.69, 9.17) is 0 Å². The molecular formula is C32H52. The Balaban J connectivity index is 0.00000249. The summed E-state index contributed by atoms with van der Waals surface area (Å²) in [5.41, 5.74) is 5.88. The Bertz CT molecular complexity index is 683. The summed E-state index contributed by atoms with van der Waals surface area (Å²) in [5, 5.41) is 0. The molecule has 0 aromatic heterocycles. The van der Waals surface area contributed by atoms with Crippen molar-refractivity contribution >= 4 is 0 Å². The predicted octanol–water partition coefficient (Wildman–Crippen LogP) is 10.3. The van der Waals surface area contributed by atoms with Crippen LogP contribution in [0.15, 0.2) is 72.9 Å². The summed E-state index contributed by atoms with van der Waals surface area (Å²) in [6.07, 6.45) is 18.5. The maximum absolute atomic E-state index is 4.69. The Labute approximate surface area is 201 Å². The molecule has 0 aromatic carbocycles. The highest BCUT2D eigenvalue weighted by Crippen LogP contribution is 2.49. The molecule has 0 heteroatoms. The fourth-order valence-electron chi connectivity index (χ4n) is 5.82. The van der Waals surface area contributed by atoms with Crippen LogP contribution < -0.4 is 0 Å². The van der Waals surface area contributed by atoms with Crippen LogP contribution in [-0.4, -0.2) is 0 Å². The average molecular weight is 437 g/mol. The summed E-state index contributed by atoms with van der Waals surface area (Å²) in [6.45, 7) is 30.6. The first kappa shape index (κ1) is 28.5. The average Bonchev–Trinajstić information content (AvgIpc) is 3.22. The fourth-order valence-corrected chi connectivity index (χ4v) is 5.82. The predicted molar refractivity (Wildman–Crippen MR) is 147 cm³/mol. The van der Waals surface area contributed by atoms with E-state index in [2.05, 4.69) is 78.3 Å². The van der Waals surface area contributed by atoms with Crippen LogP contribution in [0.25, 0.3) is 0 Å². The van der Waals surface area contributed by atoms with E-state index >= 15 is 0 Å². The highest BCUT2D eigenvalue weighted by Gasteiger charge is 2.39. The molecule has 0 aromatic rings. The molecule has 2 rings (SSSR count). The van der Waals surface area contributed by atoms with Gasteiger partial charge in [0.2, 0.25) is 0 Å². The van der Waals surface area contributed by atoms with Crippen LogP contribution in [0.1, 0.15) is 92.9 Å². The summed E-state index contributed by atoms with van der Waals surface area (Å²) in [6, 6.07) is 0. The maximum Gasteiger partial charge on any atom is -0.0122 e. The van der Waals surface area contributed by atoms with Gasteiger partial charge < -0.3 is 0 Å². The molecule has 0 saturated heterocycles. The zero-order chi connectivity index (χ0) is 24.3. The topological polar surface area (TPSA) is 0 Å². The van der Waals surface area contributed by atoms with Gasteiger partial charge in [0.1, 0.15) is 0 Å². The second kappa shape index (κ2) is 14.6. The van der Waals surface area contributed by atoms with Crippen molar-refractivity contribution in [2.75, 3.05) is 0 Å². The molecule has 0 spiro atoms. The SMILES string of the molecule is C=CCC[C@@H]1CC(C(=C)[C@@H](C)C(C)C)[C@H](C(=C)C[C@@H]2CCCC(/C=C\C)=C2C=C)C1.CC. The molecule has 0 amide bonds. The molecule has 0 nitrogen and oxygen atoms in total. The van der Waals surface area contributed by atoms with E-state index in [9.17, 15) is 0 Å². The Morgan fingerprint density at radius 2 is 1.72 bits per heavy atom. The van der Waals surface area contributed by atoms with Crippen LogP contribution >= 0.6 is 0 Å². The van der Waals surface area contributed by atoms with Crippen LogP contribution in [0.2, 0.25) is 0 Å². The summed E-state index contributed by atoms with van der Waals surface area (Å²) >= 11 is 0. The van der Waals surface area contributed by atoms with E-state index in [0.29, 0.717) is 29.6 Å². The van der Waals surface area contributed by atoms with E-state index in [1.54, 1.807) is 0 Å². The molecule has 1 unspecified atom stereocenters. The molecule has 32 heavy (non-hydrogen) atoms. The Morgan fingerprint density at radius 3 is 2.28 bits per heavy atom. The second-order valence-corrected chi connectivity index (χ2v) is 10.2. The van der Waals surface area contributed by atoms with Gasteiger partial charge in [0, 0.05) is 0 Å². The number of hydrogen-bond donors (Lipinski definition) is 0. The highest BCUT2D eigenvalue weighted by atomic mass is 14.4. The van der Waals surface area contributed by atoms with Crippen LogP contribution in [0.5, 0.6) is 0 Å². The lowest BCUT2D eigenvalue weighted by Gasteiger charge is -2.32. The van der Waals surface area contributed by atoms with Crippen molar-refractivity contribution in [1.29, 1.82) is 0 Å². The summed E-state index contributed by atoms with van der Waals surface area (Å²) in [5.74, 6) is 3.77. The van der Waals surface area contributed by atoms with E-state index in [1.807, 2.05) is 13.8 Å².